The molecule has 7 aromatic carbocycles. The van der Waals surface area contributed by atoms with Gasteiger partial charge in [0.15, 0.2) is 0 Å². The zero-order valence-electron chi connectivity index (χ0n) is 23.8. The molecule has 204 valence electrons. The monoisotopic (exact) mass is 550 g/mol. The summed E-state index contributed by atoms with van der Waals surface area (Å²) in [4.78, 5) is 4.76. The molecule has 0 aliphatic heterocycles. The molecule has 7 aromatic rings. The number of nitrogens with zero attached hydrogens (tertiary/aromatic N) is 2. The van der Waals surface area contributed by atoms with E-state index < -0.39 is 0 Å². The third kappa shape index (κ3) is 4.36. The third-order valence-electron chi connectivity index (χ3n) is 8.40. The van der Waals surface area contributed by atoms with Gasteiger partial charge in [0.2, 0.25) is 0 Å². The molecule has 0 radical (unpaired) electrons. The minimum Gasteiger partial charge on any atom is -0.310 e. The minimum absolute atomic E-state index is 0.886. The predicted octanol–water partition coefficient (Wildman–Crippen LogP) is 11.5. The van der Waals surface area contributed by atoms with Crippen molar-refractivity contribution in [2.45, 2.75) is 6.42 Å². The van der Waals surface area contributed by atoms with Gasteiger partial charge in [0.25, 0.3) is 0 Å². The van der Waals surface area contributed by atoms with Crippen LogP contribution in [0, 0.1) is 0 Å². The van der Waals surface area contributed by atoms with E-state index >= 15 is 0 Å². The number of anilines is 6. The topological polar surface area (TPSA) is 6.48 Å². The van der Waals surface area contributed by atoms with E-state index in [-0.39, 0.29) is 0 Å². The molecule has 0 bridgehead atoms. The van der Waals surface area contributed by atoms with Crippen molar-refractivity contribution < 1.29 is 0 Å². The largest absolute Gasteiger partial charge is 0.310 e. The van der Waals surface area contributed by atoms with Crippen LogP contribution in [0.4, 0.5) is 34.1 Å². The number of para-hydroxylation sites is 4. The molecule has 0 spiro atoms. The first-order valence-electron chi connectivity index (χ1n) is 14.9. The molecule has 0 heterocycles. The minimum atomic E-state index is 0.886. The van der Waals surface area contributed by atoms with Crippen LogP contribution in [0.2, 0.25) is 0 Å². The summed E-state index contributed by atoms with van der Waals surface area (Å²) in [5.41, 5.74) is 9.52. The maximum absolute atomic E-state index is 2.38. The first-order chi connectivity index (χ1) is 21.4. The van der Waals surface area contributed by atoms with E-state index in [2.05, 4.69) is 180 Å². The third-order valence-corrected chi connectivity index (χ3v) is 8.40. The maximum Gasteiger partial charge on any atom is 0.0540 e. The van der Waals surface area contributed by atoms with E-state index in [0.29, 0.717) is 0 Å². The summed E-state index contributed by atoms with van der Waals surface area (Å²) >= 11 is 0. The van der Waals surface area contributed by atoms with Gasteiger partial charge >= 0.3 is 0 Å². The summed E-state index contributed by atoms with van der Waals surface area (Å²) < 4.78 is 0. The fraction of sp³-hybridized carbons (Fsp3) is 0.0244. The number of allylic oxidation sites excluding steroid dienone is 1. The fourth-order valence-corrected chi connectivity index (χ4v) is 6.53. The Hall–Kier alpha value is -5.60. The number of benzene rings is 7. The number of hydrogen-bond acceptors (Lipinski definition) is 2. The highest BCUT2D eigenvalue weighted by Gasteiger charge is 2.22. The van der Waals surface area contributed by atoms with Gasteiger partial charge in [-0.15, -0.1) is 0 Å². The lowest BCUT2D eigenvalue weighted by molar-refractivity contribution is 1.28. The molecule has 43 heavy (non-hydrogen) atoms. The molecule has 0 amide bonds. The highest BCUT2D eigenvalue weighted by molar-refractivity contribution is 6.19. The number of rotatable bonds is 6. The second-order valence-corrected chi connectivity index (χ2v) is 10.9. The van der Waals surface area contributed by atoms with Crippen molar-refractivity contribution in [1.82, 2.24) is 0 Å². The predicted molar refractivity (Wildman–Crippen MR) is 184 cm³/mol. The Bertz CT molecular complexity index is 2000. The van der Waals surface area contributed by atoms with Crippen LogP contribution in [0.5, 0.6) is 0 Å². The smallest absolute Gasteiger partial charge is 0.0540 e. The Balaban J connectivity index is 1.43. The molecule has 0 unspecified atom stereocenters. The van der Waals surface area contributed by atoms with E-state index in [9.17, 15) is 0 Å². The van der Waals surface area contributed by atoms with Crippen molar-refractivity contribution in [1.29, 1.82) is 0 Å². The van der Waals surface area contributed by atoms with Gasteiger partial charge in [-0.25, -0.2) is 0 Å². The van der Waals surface area contributed by atoms with Gasteiger partial charge in [0.1, 0.15) is 0 Å². The summed E-state index contributed by atoms with van der Waals surface area (Å²) in [5, 5.41) is 5.14. The lowest BCUT2D eigenvalue weighted by Crippen LogP contribution is -2.12. The highest BCUT2D eigenvalue weighted by atomic mass is 15.1. The van der Waals surface area contributed by atoms with E-state index in [4.69, 9.17) is 0 Å². The normalized spacial score (nSPS) is 12.0. The van der Waals surface area contributed by atoms with Crippen molar-refractivity contribution in [3.8, 4) is 0 Å². The molecule has 2 heteroatoms. The van der Waals surface area contributed by atoms with E-state index in [1.165, 1.54) is 44.0 Å². The molecule has 1 aliphatic rings. The molecule has 2 nitrogen and oxygen atoms in total. The molecule has 0 N–H and O–H groups in total. The molecule has 0 saturated carbocycles. The van der Waals surface area contributed by atoms with Gasteiger partial charge in [-0.2, -0.15) is 0 Å². The van der Waals surface area contributed by atoms with Gasteiger partial charge in [0, 0.05) is 33.7 Å². The van der Waals surface area contributed by atoms with Crippen LogP contribution in [0.15, 0.2) is 164 Å². The number of hydrogen-bond donors (Lipinski definition) is 0. The van der Waals surface area contributed by atoms with Crippen molar-refractivity contribution >= 4 is 61.7 Å². The molecule has 1 aliphatic carbocycles. The second kappa shape index (κ2) is 10.7. The van der Waals surface area contributed by atoms with Crippen LogP contribution < -0.4 is 9.80 Å². The van der Waals surface area contributed by atoms with E-state index in [1.54, 1.807) is 0 Å². The maximum atomic E-state index is 2.38. The summed E-state index contributed by atoms with van der Waals surface area (Å²) in [6.45, 7) is 0. The van der Waals surface area contributed by atoms with Gasteiger partial charge in [-0.05, 0) is 88.8 Å². The van der Waals surface area contributed by atoms with E-state index in [0.717, 1.165) is 29.2 Å². The van der Waals surface area contributed by atoms with Crippen molar-refractivity contribution in [2.24, 2.45) is 0 Å². The molecular weight excluding hydrogens is 520 g/mol. The molecular formula is C41H30N2. The Labute approximate surface area is 252 Å². The van der Waals surface area contributed by atoms with Gasteiger partial charge in [0.05, 0.1) is 11.4 Å². The first-order valence-corrected chi connectivity index (χ1v) is 14.9. The van der Waals surface area contributed by atoms with Gasteiger partial charge in [-0.3, -0.25) is 0 Å². The second-order valence-electron chi connectivity index (χ2n) is 10.9. The SMILES string of the molecule is C1=Cc2c(N(c3ccccc3)c3ccccc3)ccc3ccc4c(N(c5ccccc5)c5ccccc5)ccc(c4c23)C1. The van der Waals surface area contributed by atoms with Crippen LogP contribution in [0.1, 0.15) is 11.1 Å². The molecule has 0 saturated heterocycles. The van der Waals surface area contributed by atoms with Crippen molar-refractivity contribution in [3.05, 3.63) is 175 Å². The van der Waals surface area contributed by atoms with Gasteiger partial charge in [-0.1, -0.05) is 109 Å². The van der Waals surface area contributed by atoms with Crippen LogP contribution >= 0.6 is 0 Å². The summed E-state index contributed by atoms with van der Waals surface area (Å²) in [7, 11) is 0. The molecule has 0 aromatic heterocycles. The van der Waals surface area contributed by atoms with Crippen LogP contribution in [-0.4, -0.2) is 0 Å². The quantitative estimate of drug-likeness (QED) is 0.190. The van der Waals surface area contributed by atoms with Gasteiger partial charge < -0.3 is 9.80 Å². The zero-order valence-corrected chi connectivity index (χ0v) is 23.8. The Kier molecular flexibility index (Phi) is 6.23. The van der Waals surface area contributed by atoms with Crippen LogP contribution in [0.25, 0.3) is 27.6 Å². The Morgan fingerprint density at radius 1 is 0.395 bits per heavy atom. The average molecular weight is 551 g/mol. The van der Waals surface area contributed by atoms with Crippen molar-refractivity contribution in [2.75, 3.05) is 9.80 Å². The summed E-state index contributed by atoms with van der Waals surface area (Å²) in [5.74, 6) is 0. The first kappa shape index (κ1) is 25.1. The Morgan fingerprint density at radius 3 is 1.40 bits per heavy atom. The summed E-state index contributed by atoms with van der Waals surface area (Å²) in [6.07, 6.45) is 5.55. The molecule has 8 rings (SSSR count). The fourth-order valence-electron chi connectivity index (χ4n) is 6.53. The average Bonchev–Trinajstić information content (AvgIpc) is 3.28. The Morgan fingerprint density at radius 2 is 0.860 bits per heavy atom. The molecule has 0 atom stereocenters. The highest BCUT2D eigenvalue weighted by Crippen LogP contribution is 2.47. The standard InChI is InChI=1S/C41H30N2/c1-5-15-32(16-6-1)42(33-17-7-2-8-18-33)38-29-26-31-24-27-37-39(28-25-30-14-13-23-36(38)41(31)40(30)37)43(34-19-9-3-10-20-34)35-21-11-4-12-22-35/h1-13,15-29H,14H2. The zero-order chi connectivity index (χ0) is 28.6. The van der Waals surface area contributed by atoms with Crippen LogP contribution in [0.3, 0.4) is 0 Å². The molecule has 0 fully saturated rings. The summed E-state index contributed by atoms with van der Waals surface area (Å²) in [6, 6.07) is 56.5. The van der Waals surface area contributed by atoms with E-state index in [1.807, 2.05) is 0 Å². The lowest BCUT2D eigenvalue weighted by atomic mass is 9.92. The van der Waals surface area contributed by atoms with Crippen LogP contribution in [-0.2, 0) is 6.42 Å². The van der Waals surface area contributed by atoms with Crippen molar-refractivity contribution in [3.63, 3.8) is 0 Å². The lowest BCUT2D eigenvalue weighted by Gasteiger charge is -2.29.